The Labute approximate surface area is 235 Å². The summed E-state index contributed by atoms with van der Waals surface area (Å²) in [6.45, 7) is 0. The lowest BCUT2D eigenvalue weighted by molar-refractivity contribution is 0.200. The molecule has 1 unspecified atom stereocenters. The smallest absolute Gasteiger partial charge is 0.351 e. The first-order valence-electron chi connectivity index (χ1n) is 14.0. The number of nitrogen functional groups attached to an aromatic ring is 1. The summed E-state index contributed by atoms with van der Waals surface area (Å²) in [6.07, 6.45) is 5.68. The quantitative estimate of drug-likeness (QED) is 0.218. The number of hydrazone groups is 1. The number of hydrogen-bond acceptors (Lipinski definition) is 3. The van der Waals surface area contributed by atoms with Gasteiger partial charge in [0.1, 0.15) is 6.04 Å². The number of rotatable bonds is 4. The minimum atomic E-state index is -0.585. The van der Waals surface area contributed by atoms with E-state index >= 15 is 0 Å². The van der Waals surface area contributed by atoms with E-state index in [9.17, 15) is 4.79 Å². The van der Waals surface area contributed by atoms with E-state index in [0.29, 0.717) is 5.69 Å². The summed E-state index contributed by atoms with van der Waals surface area (Å²) in [5, 5.41) is 6.84. The van der Waals surface area contributed by atoms with E-state index < -0.39 is 6.04 Å². The van der Waals surface area contributed by atoms with Crippen LogP contribution in [0.15, 0.2) is 114 Å². The molecule has 0 saturated heterocycles. The molecule has 4 aromatic rings. The molecule has 5 heteroatoms. The SMILES string of the molecule is Nc1ccc(N2C(=O)N(C(C#Cc3ccccc3)c3ccccc3)N=C(C3CCCCC3)c3ccccc32)cc1. The van der Waals surface area contributed by atoms with Crippen molar-refractivity contribution in [3.8, 4) is 11.8 Å². The molecule has 6 rings (SSSR count). The Morgan fingerprint density at radius 2 is 1.43 bits per heavy atom. The predicted molar refractivity (Wildman–Crippen MR) is 162 cm³/mol. The van der Waals surface area contributed by atoms with Gasteiger partial charge >= 0.3 is 6.03 Å². The lowest BCUT2D eigenvalue weighted by Gasteiger charge is -2.30. The summed E-state index contributed by atoms with van der Waals surface area (Å²) in [7, 11) is 0. The molecule has 1 fully saturated rings. The number of hydrogen-bond donors (Lipinski definition) is 1. The zero-order valence-corrected chi connectivity index (χ0v) is 22.4. The minimum absolute atomic E-state index is 0.251. The number of carbonyl (C=O) groups excluding carboxylic acids is 1. The van der Waals surface area contributed by atoms with Crippen molar-refractivity contribution >= 4 is 28.8 Å². The van der Waals surface area contributed by atoms with Gasteiger partial charge in [0, 0.05) is 22.7 Å². The van der Waals surface area contributed by atoms with Gasteiger partial charge in [0.2, 0.25) is 0 Å². The largest absolute Gasteiger partial charge is 0.399 e. The molecule has 0 aromatic heterocycles. The highest BCUT2D eigenvalue weighted by molar-refractivity contribution is 6.14. The molecule has 2 N–H and O–H groups in total. The number of carbonyl (C=O) groups is 1. The van der Waals surface area contributed by atoms with Gasteiger partial charge < -0.3 is 5.73 Å². The third-order valence-electron chi connectivity index (χ3n) is 7.65. The van der Waals surface area contributed by atoms with Crippen molar-refractivity contribution in [2.75, 3.05) is 10.6 Å². The van der Waals surface area contributed by atoms with Crippen molar-refractivity contribution in [2.45, 2.75) is 38.1 Å². The summed E-state index contributed by atoms with van der Waals surface area (Å²) in [5.74, 6) is 7.00. The number of anilines is 3. The van der Waals surface area contributed by atoms with Gasteiger partial charge in [0.15, 0.2) is 0 Å². The number of para-hydroxylation sites is 1. The predicted octanol–water partition coefficient (Wildman–Crippen LogP) is 7.92. The summed E-state index contributed by atoms with van der Waals surface area (Å²) >= 11 is 0. The zero-order valence-electron chi connectivity index (χ0n) is 22.4. The average Bonchev–Trinajstić information content (AvgIpc) is 3.14. The van der Waals surface area contributed by atoms with E-state index in [0.717, 1.165) is 59.5 Å². The average molecular weight is 525 g/mol. The lowest BCUT2D eigenvalue weighted by Crippen LogP contribution is -2.39. The van der Waals surface area contributed by atoms with Crippen molar-refractivity contribution in [1.29, 1.82) is 0 Å². The molecular weight excluding hydrogens is 492 g/mol. The maximum absolute atomic E-state index is 14.7. The topological polar surface area (TPSA) is 61.9 Å². The van der Waals surface area contributed by atoms with Crippen LogP contribution in [-0.2, 0) is 0 Å². The molecule has 1 aliphatic heterocycles. The van der Waals surface area contributed by atoms with Crippen LogP contribution in [0.1, 0.15) is 54.8 Å². The fourth-order valence-corrected chi connectivity index (χ4v) is 5.62. The molecule has 198 valence electrons. The van der Waals surface area contributed by atoms with Gasteiger partial charge in [-0.15, -0.1) is 0 Å². The third-order valence-corrected chi connectivity index (χ3v) is 7.65. The van der Waals surface area contributed by atoms with E-state index in [1.165, 1.54) is 6.42 Å². The van der Waals surface area contributed by atoms with Crippen molar-refractivity contribution in [2.24, 2.45) is 11.0 Å². The molecule has 2 aliphatic rings. The molecule has 40 heavy (non-hydrogen) atoms. The molecule has 0 spiro atoms. The second kappa shape index (κ2) is 11.5. The molecule has 1 heterocycles. The van der Waals surface area contributed by atoms with Gasteiger partial charge in [-0.05, 0) is 60.9 Å². The molecule has 0 radical (unpaired) electrons. The van der Waals surface area contributed by atoms with E-state index in [2.05, 4.69) is 17.9 Å². The first kappa shape index (κ1) is 25.5. The van der Waals surface area contributed by atoms with Gasteiger partial charge in [-0.3, -0.25) is 4.90 Å². The highest BCUT2D eigenvalue weighted by Crippen LogP contribution is 2.39. The first-order valence-corrected chi connectivity index (χ1v) is 14.0. The Kier molecular flexibility index (Phi) is 7.32. The van der Waals surface area contributed by atoms with Crippen LogP contribution >= 0.6 is 0 Å². The normalized spacial score (nSPS) is 16.3. The van der Waals surface area contributed by atoms with Crippen molar-refractivity contribution in [3.63, 3.8) is 0 Å². The molecule has 1 atom stereocenters. The standard InChI is InChI=1S/C35H32N4O/c36-29-21-23-30(24-22-29)38-33-19-11-10-18-31(33)34(28-16-8-3-9-17-28)37-39(35(38)40)32(27-14-6-2-7-15-27)25-20-26-12-4-1-5-13-26/h1-2,4-7,10-15,18-19,21-24,28,32H,3,8-9,16-17,36H2. The van der Waals surface area contributed by atoms with E-state index in [4.69, 9.17) is 10.8 Å². The molecule has 1 aliphatic carbocycles. The Bertz CT molecular complexity index is 1560. The van der Waals surface area contributed by atoms with Crippen LogP contribution in [0, 0.1) is 17.8 Å². The van der Waals surface area contributed by atoms with Crippen molar-refractivity contribution in [3.05, 3.63) is 126 Å². The number of urea groups is 1. The summed E-state index contributed by atoms with van der Waals surface area (Å²) in [5.41, 5.74) is 12.0. The number of nitrogens with two attached hydrogens (primary N) is 1. The molecule has 4 aromatic carbocycles. The third kappa shape index (κ3) is 5.21. The fraction of sp³-hybridized carbons (Fsp3) is 0.200. The Morgan fingerprint density at radius 3 is 2.15 bits per heavy atom. The maximum Gasteiger partial charge on any atom is 0.351 e. The van der Waals surface area contributed by atoms with Crippen LogP contribution in [0.25, 0.3) is 0 Å². The Morgan fingerprint density at radius 1 is 0.775 bits per heavy atom. The number of nitrogens with zero attached hydrogens (tertiary/aromatic N) is 3. The molecule has 5 nitrogen and oxygen atoms in total. The van der Waals surface area contributed by atoms with Crippen LogP contribution in [-0.4, -0.2) is 16.8 Å². The minimum Gasteiger partial charge on any atom is -0.399 e. The second-order valence-electron chi connectivity index (χ2n) is 10.3. The van der Waals surface area contributed by atoms with Gasteiger partial charge in [0.05, 0.1) is 17.1 Å². The van der Waals surface area contributed by atoms with Gasteiger partial charge in [0.25, 0.3) is 0 Å². The van der Waals surface area contributed by atoms with Gasteiger partial charge in [-0.25, -0.2) is 4.79 Å². The summed E-state index contributed by atoms with van der Waals surface area (Å²) < 4.78 is 0. The molecule has 1 saturated carbocycles. The first-order chi connectivity index (χ1) is 19.7. The maximum atomic E-state index is 14.7. The summed E-state index contributed by atoms with van der Waals surface area (Å²) in [6, 6.07) is 34.5. The Balaban J connectivity index is 1.56. The van der Waals surface area contributed by atoms with E-state index in [1.807, 2.05) is 103 Å². The van der Waals surface area contributed by atoms with E-state index in [1.54, 1.807) is 9.91 Å². The molecule has 0 bridgehead atoms. The highest BCUT2D eigenvalue weighted by Gasteiger charge is 2.37. The van der Waals surface area contributed by atoms with E-state index in [-0.39, 0.29) is 11.9 Å². The number of amides is 2. The number of fused-ring (bicyclic) bond motifs is 1. The van der Waals surface area contributed by atoms with Crippen LogP contribution in [0.4, 0.5) is 21.9 Å². The van der Waals surface area contributed by atoms with Crippen LogP contribution in [0.3, 0.4) is 0 Å². The van der Waals surface area contributed by atoms with Crippen LogP contribution < -0.4 is 10.6 Å². The van der Waals surface area contributed by atoms with Gasteiger partial charge in [-0.1, -0.05) is 97.8 Å². The fourth-order valence-electron chi connectivity index (χ4n) is 5.62. The Hall–Kier alpha value is -4.82. The molecule has 2 amide bonds. The van der Waals surface area contributed by atoms with Crippen molar-refractivity contribution in [1.82, 2.24) is 5.01 Å². The number of benzene rings is 4. The van der Waals surface area contributed by atoms with Crippen molar-refractivity contribution < 1.29 is 4.79 Å². The van der Waals surface area contributed by atoms with Gasteiger partial charge in [-0.2, -0.15) is 10.1 Å². The zero-order chi connectivity index (χ0) is 27.3. The van der Waals surface area contributed by atoms with Crippen LogP contribution in [0.5, 0.6) is 0 Å². The highest BCUT2D eigenvalue weighted by atomic mass is 16.2. The lowest BCUT2D eigenvalue weighted by atomic mass is 9.83. The molecular formula is C35H32N4O. The summed E-state index contributed by atoms with van der Waals surface area (Å²) in [4.78, 5) is 16.5. The monoisotopic (exact) mass is 524 g/mol. The second-order valence-corrected chi connectivity index (χ2v) is 10.3. The van der Waals surface area contributed by atoms with Crippen LogP contribution in [0.2, 0.25) is 0 Å².